The van der Waals surface area contributed by atoms with Crippen LogP contribution in [0, 0.1) is 5.92 Å². The lowest BCUT2D eigenvalue weighted by Crippen LogP contribution is -2.13. The zero-order chi connectivity index (χ0) is 11.6. The van der Waals surface area contributed by atoms with Crippen molar-refractivity contribution in [1.82, 2.24) is 9.78 Å². The highest BCUT2D eigenvalue weighted by molar-refractivity contribution is 5.92. The molecule has 1 heterocycles. The van der Waals surface area contributed by atoms with E-state index in [-0.39, 0.29) is 11.7 Å². The fourth-order valence-electron chi connectivity index (χ4n) is 1.18. The summed E-state index contributed by atoms with van der Waals surface area (Å²) >= 11 is 0. The van der Waals surface area contributed by atoms with Crippen LogP contribution in [0.5, 0.6) is 0 Å². The summed E-state index contributed by atoms with van der Waals surface area (Å²) in [6.07, 6.45) is 1.66. The average Bonchev–Trinajstić information content (AvgIpc) is 2.57. The first-order chi connectivity index (χ1) is 6.97. The summed E-state index contributed by atoms with van der Waals surface area (Å²) in [5.74, 6) is -0.0722. The van der Waals surface area contributed by atoms with Gasteiger partial charge in [0.25, 0.3) is 0 Å². The number of methoxy groups -OCH3 is 1. The third-order valence-corrected chi connectivity index (χ3v) is 2.52. The number of hydrogen-bond donors (Lipinski definition) is 1. The van der Waals surface area contributed by atoms with E-state index in [4.69, 9.17) is 5.73 Å². The molecule has 1 aromatic rings. The van der Waals surface area contributed by atoms with Crippen LogP contribution in [0.25, 0.3) is 0 Å². The molecule has 0 aromatic carbocycles. The topological polar surface area (TPSA) is 70.1 Å². The highest BCUT2D eigenvalue weighted by Gasteiger charge is 2.18. The van der Waals surface area contributed by atoms with Crippen LogP contribution in [0.15, 0.2) is 6.20 Å². The van der Waals surface area contributed by atoms with Crippen molar-refractivity contribution in [3.63, 3.8) is 0 Å². The lowest BCUT2D eigenvalue weighted by molar-refractivity contribution is 0.0593. The lowest BCUT2D eigenvalue weighted by Gasteiger charge is -2.15. The molecule has 0 aliphatic rings. The Morgan fingerprint density at radius 2 is 2.13 bits per heavy atom. The third-order valence-electron chi connectivity index (χ3n) is 2.52. The fraction of sp³-hybridized carbons (Fsp3) is 0.600. The van der Waals surface area contributed by atoms with Gasteiger partial charge in [0, 0.05) is 6.20 Å². The molecule has 2 N–H and O–H groups in total. The molecule has 0 radical (unpaired) electrons. The molecular formula is C10H17N3O2. The average molecular weight is 211 g/mol. The summed E-state index contributed by atoms with van der Waals surface area (Å²) in [5, 5.41) is 4.12. The second kappa shape index (κ2) is 4.33. The monoisotopic (exact) mass is 211 g/mol. The molecule has 1 rings (SSSR count). The van der Waals surface area contributed by atoms with Crippen LogP contribution in [-0.2, 0) is 4.74 Å². The predicted octanol–water partition coefficient (Wildman–Crippen LogP) is 1.47. The number of nitrogens with zero attached hydrogens (tertiary/aromatic N) is 2. The summed E-state index contributed by atoms with van der Waals surface area (Å²) in [6, 6.07) is 0.200. The minimum Gasteiger partial charge on any atom is -0.464 e. The van der Waals surface area contributed by atoms with Crippen molar-refractivity contribution in [3.05, 3.63) is 11.9 Å². The second-order valence-electron chi connectivity index (χ2n) is 3.89. The van der Waals surface area contributed by atoms with Crippen molar-refractivity contribution < 1.29 is 9.53 Å². The van der Waals surface area contributed by atoms with E-state index >= 15 is 0 Å². The van der Waals surface area contributed by atoms with E-state index in [0.717, 1.165) is 0 Å². The Morgan fingerprint density at radius 1 is 1.53 bits per heavy atom. The van der Waals surface area contributed by atoms with Crippen LogP contribution in [0.3, 0.4) is 0 Å². The van der Waals surface area contributed by atoms with Gasteiger partial charge in [-0.3, -0.25) is 4.68 Å². The quantitative estimate of drug-likeness (QED) is 0.768. The van der Waals surface area contributed by atoms with Crippen LogP contribution < -0.4 is 5.73 Å². The van der Waals surface area contributed by atoms with E-state index in [1.54, 1.807) is 10.9 Å². The Morgan fingerprint density at radius 3 is 2.60 bits per heavy atom. The Labute approximate surface area is 89.2 Å². The first kappa shape index (κ1) is 11.6. The molecule has 1 atom stereocenters. The SMILES string of the molecule is COC(=O)c1nn(C(C)C(C)C)cc1N. The van der Waals surface area contributed by atoms with Gasteiger partial charge < -0.3 is 10.5 Å². The molecular weight excluding hydrogens is 194 g/mol. The van der Waals surface area contributed by atoms with Gasteiger partial charge in [-0.15, -0.1) is 0 Å². The van der Waals surface area contributed by atoms with Crippen molar-refractivity contribution in [2.75, 3.05) is 12.8 Å². The maximum atomic E-state index is 11.3. The number of carbonyl (C=O) groups is 1. The Hall–Kier alpha value is -1.52. The summed E-state index contributed by atoms with van der Waals surface area (Å²) in [6.45, 7) is 6.19. The number of anilines is 1. The number of aromatic nitrogens is 2. The first-order valence-corrected chi connectivity index (χ1v) is 4.90. The minimum absolute atomic E-state index is 0.185. The van der Waals surface area contributed by atoms with Gasteiger partial charge in [-0.2, -0.15) is 5.10 Å². The molecule has 0 fully saturated rings. The number of carbonyl (C=O) groups excluding carboxylic acids is 1. The minimum atomic E-state index is -0.498. The van der Waals surface area contributed by atoms with Crippen molar-refractivity contribution in [1.29, 1.82) is 0 Å². The molecule has 5 heteroatoms. The maximum Gasteiger partial charge on any atom is 0.360 e. The molecule has 0 amide bonds. The number of esters is 1. The van der Waals surface area contributed by atoms with Crippen molar-refractivity contribution in [3.8, 4) is 0 Å². The van der Waals surface area contributed by atoms with Gasteiger partial charge >= 0.3 is 5.97 Å². The van der Waals surface area contributed by atoms with E-state index in [1.807, 2.05) is 6.92 Å². The van der Waals surface area contributed by atoms with Crippen LogP contribution in [0.2, 0.25) is 0 Å². The van der Waals surface area contributed by atoms with Crippen LogP contribution in [0.1, 0.15) is 37.3 Å². The molecule has 84 valence electrons. The predicted molar refractivity (Wildman–Crippen MR) is 57.5 cm³/mol. The number of ether oxygens (including phenoxy) is 1. The van der Waals surface area contributed by atoms with E-state index in [2.05, 4.69) is 23.7 Å². The van der Waals surface area contributed by atoms with E-state index in [0.29, 0.717) is 11.6 Å². The number of rotatable bonds is 3. The van der Waals surface area contributed by atoms with E-state index in [9.17, 15) is 4.79 Å². The number of hydrogen-bond acceptors (Lipinski definition) is 4. The van der Waals surface area contributed by atoms with Gasteiger partial charge in [0.2, 0.25) is 0 Å². The Balaban J connectivity index is 3.00. The van der Waals surface area contributed by atoms with Crippen LogP contribution >= 0.6 is 0 Å². The smallest absolute Gasteiger partial charge is 0.360 e. The molecule has 0 aliphatic heterocycles. The van der Waals surface area contributed by atoms with Crippen molar-refractivity contribution in [2.24, 2.45) is 5.92 Å². The molecule has 5 nitrogen and oxygen atoms in total. The van der Waals surface area contributed by atoms with E-state index in [1.165, 1.54) is 7.11 Å². The first-order valence-electron chi connectivity index (χ1n) is 4.90. The summed E-state index contributed by atoms with van der Waals surface area (Å²) < 4.78 is 6.28. The molecule has 0 saturated heterocycles. The summed E-state index contributed by atoms with van der Waals surface area (Å²) in [5.41, 5.74) is 6.21. The van der Waals surface area contributed by atoms with Crippen LogP contribution in [0.4, 0.5) is 5.69 Å². The molecule has 1 unspecified atom stereocenters. The molecule has 1 aromatic heterocycles. The fourth-order valence-corrected chi connectivity index (χ4v) is 1.18. The van der Waals surface area contributed by atoms with Gasteiger partial charge in [0.15, 0.2) is 5.69 Å². The van der Waals surface area contributed by atoms with Gasteiger partial charge in [-0.1, -0.05) is 13.8 Å². The van der Waals surface area contributed by atoms with Crippen molar-refractivity contribution in [2.45, 2.75) is 26.8 Å². The Kier molecular flexibility index (Phi) is 3.34. The van der Waals surface area contributed by atoms with Gasteiger partial charge in [0.05, 0.1) is 18.8 Å². The van der Waals surface area contributed by atoms with Crippen molar-refractivity contribution >= 4 is 11.7 Å². The number of nitrogens with two attached hydrogens (primary N) is 1. The third kappa shape index (κ3) is 2.29. The normalized spacial score (nSPS) is 12.9. The highest BCUT2D eigenvalue weighted by atomic mass is 16.5. The Bertz CT molecular complexity index is 358. The zero-order valence-corrected chi connectivity index (χ0v) is 9.52. The highest BCUT2D eigenvalue weighted by Crippen LogP contribution is 2.19. The summed E-state index contributed by atoms with van der Waals surface area (Å²) in [4.78, 5) is 11.3. The lowest BCUT2D eigenvalue weighted by atomic mass is 10.1. The second-order valence-corrected chi connectivity index (χ2v) is 3.89. The maximum absolute atomic E-state index is 11.3. The van der Waals surface area contributed by atoms with E-state index < -0.39 is 5.97 Å². The van der Waals surface area contributed by atoms with Gasteiger partial charge in [-0.05, 0) is 12.8 Å². The van der Waals surface area contributed by atoms with Gasteiger partial charge in [-0.25, -0.2) is 4.79 Å². The molecule has 0 saturated carbocycles. The molecule has 0 aliphatic carbocycles. The summed E-state index contributed by atoms with van der Waals surface area (Å²) in [7, 11) is 1.31. The molecule has 0 spiro atoms. The standard InChI is InChI=1S/C10H17N3O2/c1-6(2)7(3)13-5-8(11)9(12-13)10(14)15-4/h5-7H,11H2,1-4H3. The molecule has 15 heavy (non-hydrogen) atoms. The van der Waals surface area contributed by atoms with Crippen LogP contribution in [-0.4, -0.2) is 22.9 Å². The van der Waals surface area contributed by atoms with Gasteiger partial charge in [0.1, 0.15) is 0 Å². The molecule has 0 bridgehead atoms. The number of nitrogen functional groups attached to an aromatic ring is 1. The largest absolute Gasteiger partial charge is 0.464 e. The zero-order valence-electron chi connectivity index (χ0n) is 9.52.